The van der Waals surface area contributed by atoms with Crippen LogP contribution in [-0.2, 0) is 10.2 Å². The largest absolute Gasteiger partial charge is 0.376 e. The summed E-state index contributed by atoms with van der Waals surface area (Å²) in [7, 11) is 0. The molecule has 1 aromatic rings. The minimum absolute atomic E-state index is 0.0107. The minimum Gasteiger partial charge on any atom is -0.376 e. The van der Waals surface area contributed by atoms with Crippen LogP contribution in [0.5, 0.6) is 0 Å². The Morgan fingerprint density at radius 3 is 2.76 bits per heavy atom. The maximum Gasteiger partial charge on any atom is 0.319 e. The molecule has 0 aromatic heterocycles. The summed E-state index contributed by atoms with van der Waals surface area (Å²) in [6, 6.07) is 5.96. The van der Waals surface area contributed by atoms with Gasteiger partial charge in [-0.05, 0) is 36.3 Å². The van der Waals surface area contributed by atoms with Crippen LogP contribution in [0, 0.1) is 6.92 Å². The quantitative estimate of drug-likeness (QED) is 0.893. The number of carbonyl (C=O) groups excluding carboxylic acids is 1. The average Bonchev–Trinajstić information content (AvgIpc) is 2.90. The number of rotatable bonds is 3. The molecule has 0 spiro atoms. The standard InChI is InChI=1S/C17H26N2O2/c1-12-7-5-9-14(17(2,3)4)15(12)19-16(20)18-11-13-8-6-10-21-13/h5,7,9,13H,6,8,10-11H2,1-4H3,(H2,18,19,20). The third-order valence-electron chi connectivity index (χ3n) is 3.83. The van der Waals surface area contributed by atoms with Crippen LogP contribution >= 0.6 is 0 Å². The van der Waals surface area contributed by atoms with Crippen molar-refractivity contribution in [2.45, 2.75) is 52.1 Å². The maximum absolute atomic E-state index is 12.1. The molecule has 2 amide bonds. The van der Waals surface area contributed by atoms with Crippen molar-refractivity contribution >= 4 is 11.7 Å². The molecule has 116 valence electrons. The zero-order chi connectivity index (χ0) is 15.5. The van der Waals surface area contributed by atoms with Crippen LogP contribution < -0.4 is 10.6 Å². The van der Waals surface area contributed by atoms with Gasteiger partial charge in [0.1, 0.15) is 0 Å². The molecule has 1 heterocycles. The topological polar surface area (TPSA) is 50.4 Å². The Morgan fingerprint density at radius 1 is 1.38 bits per heavy atom. The lowest BCUT2D eigenvalue weighted by molar-refractivity contribution is 0.112. The van der Waals surface area contributed by atoms with Crippen molar-refractivity contribution in [2.24, 2.45) is 0 Å². The molecule has 2 N–H and O–H groups in total. The minimum atomic E-state index is -0.162. The molecule has 0 saturated carbocycles. The Bertz CT molecular complexity index is 500. The number of anilines is 1. The van der Waals surface area contributed by atoms with E-state index >= 15 is 0 Å². The number of para-hydroxylation sites is 1. The highest BCUT2D eigenvalue weighted by atomic mass is 16.5. The predicted octanol–water partition coefficient (Wildman–Crippen LogP) is 3.59. The van der Waals surface area contributed by atoms with E-state index < -0.39 is 0 Å². The van der Waals surface area contributed by atoms with Crippen molar-refractivity contribution in [3.63, 3.8) is 0 Å². The van der Waals surface area contributed by atoms with E-state index in [1.807, 2.05) is 19.1 Å². The van der Waals surface area contributed by atoms with Gasteiger partial charge >= 0.3 is 6.03 Å². The van der Waals surface area contributed by atoms with Gasteiger partial charge < -0.3 is 15.4 Å². The number of benzene rings is 1. The molecule has 4 heteroatoms. The summed E-state index contributed by atoms with van der Waals surface area (Å²) in [5.41, 5.74) is 3.13. The molecular weight excluding hydrogens is 264 g/mol. The lowest BCUT2D eigenvalue weighted by Crippen LogP contribution is -2.35. The third-order valence-corrected chi connectivity index (χ3v) is 3.83. The lowest BCUT2D eigenvalue weighted by Gasteiger charge is -2.24. The van der Waals surface area contributed by atoms with Gasteiger partial charge in [0.25, 0.3) is 0 Å². The maximum atomic E-state index is 12.1. The second-order valence-corrected chi connectivity index (χ2v) is 6.72. The van der Waals surface area contributed by atoms with E-state index in [4.69, 9.17) is 4.74 Å². The number of aryl methyl sites for hydroxylation is 1. The number of nitrogens with one attached hydrogen (secondary N) is 2. The molecule has 1 saturated heterocycles. The Morgan fingerprint density at radius 2 is 2.14 bits per heavy atom. The smallest absolute Gasteiger partial charge is 0.319 e. The molecule has 2 rings (SSSR count). The molecule has 1 aliphatic heterocycles. The van der Waals surface area contributed by atoms with Gasteiger partial charge in [0.2, 0.25) is 0 Å². The second-order valence-electron chi connectivity index (χ2n) is 6.72. The van der Waals surface area contributed by atoms with Crippen LogP contribution in [0.1, 0.15) is 44.7 Å². The first-order valence-electron chi connectivity index (χ1n) is 7.64. The van der Waals surface area contributed by atoms with Crippen molar-refractivity contribution < 1.29 is 9.53 Å². The van der Waals surface area contributed by atoms with Gasteiger partial charge in [-0.1, -0.05) is 39.0 Å². The van der Waals surface area contributed by atoms with Crippen LogP contribution in [0.25, 0.3) is 0 Å². The SMILES string of the molecule is Cc1cccc(C(C)(C)C)c1NC(=O)NCC1CCCO1. The third kappa shape index (κ3) is 4.21. The zero-order valence-corrected chi connectivity index (χ0v) is 13.5. The number of hydrogen-bond acceptors (Lipinski definition) is 2. The Balaban J connectivity index is 2.02. The van der Waals surface area contributed by atoms with Gasteiger partial charge in [-0.3, -0.25) is 0 Å². The van der Waals surface area contributed by atoms with E-state index in [-0.39, 0.29) is 17.6 Å². The first kappa shape index (κ1) is 15.8. The van der Waals surface area contributed by atoms with Gasteiger partial charge in [0.05, 0.1) is 6.10 Å². The first-order chi connectivity index (χ1) is 9.88. The molecule has 1 atom stereocenters. The summed E-state index contributed by atoms with van der Waals surface area (Å²) in [4.78, 5) is 12.1. The first-order valence-corrected chi connectivity index (χ1v) is 7.64. The highest BCUT2D eigenvalue weighted by molar-refractivity contribution is 5.91. The molecule has 0 radical (unpaired) electrons. The Labute approximate surface area is 127 Å². The lowest BCUT2D eigenvalue weighted by atomic mass is 9.84. The summed E-state index contributed by atoms with van der Waals surface area (Å²) < 4.78 is 5.51. The van der Waals surface area contributed by atoms with Crippen LogP contribution in [-0.4, -0.2) is 25.3 Å². The van der Waals surface area contributed by atoms with Crippen LogP contribution in [0.4, 0.5) is 10.5 Å². The molecule has 1 aromatic carbocycles. The zero-order valence-electron chi connectivity index (χ0n) is 13.5. The number of urea groups is 1. The highest BCUT2D eigenvalue weighted by Gasteiger charge is 2.21. The van der Waals surface area contributed by atoms with Crippen molar-refractivity contribution in [1.29, 1.82) is 0 Å². The summed E-state index contributed by atoms with van der Waals surface area (Å²) in [6.45, 7) is 9.85. The number of ether oxygens (including phenoxy) is 1. The normalized spacial score (nSPS) is 18.6. The number of hydrogen-bond donors (Lipinski definition) is 2. The molecule has 4 nitrogen and oxygen atoms in total. The highest BCUT2D eigenvalue weighted by Crippen LogP contribution is 2.31. The van der Waals surface area contributed by atoms with E-state index in [0.717, 1.165) is 36.3 Å². The molecule has 21 heavy (non-hydrogen) atoms. The fourth-order valence-electron chi connectivity index (χ4n) is 2.63. The van der Waals surface area contributed by atoms with Crippen LogP contribution in [0.15, 0.2) is 18.2 Å². The number of amides is 2. The van der Waals surface area contributed by atoms with Crippen LogP contribution in [0.2, 0.25) is 0 Å². The van der Waals surface area contributed by atoms with Crippen molar-refractivity contribution in [3.05, 3.63) is 29.3 Å². The van der Waals surface area contributed by atoms with Gasteiger partial charge in [-0.25, -0.2) is 4.79 Å². The van der Waals surface area contributed by atoms with E-state index in [0.29, 0.717) is 6.54 Å². The predicted molar refractivity (Wildman–Crippen MR) is 85.9 cm³/mol. The fraction of sp³-hybridized carbons (Fsp3) is 0.588. The molecule has 1 aliphatic rings. The van der Waals surface area contributed by atoms with Gasteiger partial charge in [-0.2, -0.15) is 0 Å². The average molecular weight is 290 g/mol. The van der Waals surface area contributed by atoms with Crippen molar-refractivity contribution in [1.82, 2.24) is 5.32 Å². The molecular formula is C17H26N2O2. The van der Waals surface area contributed by atoms with Crippen LogP contribution in [0.3, 0.4) is 0 Å². The second kappa shape index (κ2) is 6.48. The molecule has 0 bridgehead atoms. The van der Waals surface area contributed by atoms with E-state index in [1.54, 1.807) is 0 Å². The van der Waals surface area contributed by atoms with Gasteiger partial charge in [0, 0.05) is 18.8 Å². The van der Waals surface area contributed by atoms with E-state index in [2.05, 4.69) is 37.5 Å². The summed E-state index contributed by atoms with van der Waals surface area (Å²) >= 11 is 0. The fourth-order valence-corrected chi connectivity index (χ4v) is 2.63. The molecule has 1 fully saturated rings. The number of carbonyl (C=O) groups is 1. The summed E-state index contributed by atoms with van der Waals surface area (Å²) in [5.74, 6) is 0. The van der Waals surface area contributed by atoms with E-state index in [1.165, 1.54) is 0 Å². The molecule has 0 aliphatic carbocycles. The van der Waals surface area contributed by atoms with Crippen molar-refractivity contribution in [2.75, 3.05) is 18.5 Å². The summed E-state index contributed by atoms with van der Waals surface area (Å²) in [5, 5.41) is 5.91. The van der Waals surface area contributed by atoms with Gasteiger partial charge in [0.15, 0.2) is 0 Å². The Kier molecular flexibility index (Phi) is 4.88. The molecule has 1 unspecified atom stereocenters. The summed E-state index contributed by atoms with van der Waals surface area (Å²) in [6.07, 6.45) is 2.27. The van der Waals surface area contributed by atoms with Crippen molar-refractivity contribution in [3.8, 4) is 0 Å². The van der Waals surface area contributed by atoms with E-state index in [9.17, 15) is 4.79 Å². The Hall–Kier alpha value is -1.55. The van der Waals surface area contributed by atoms with Gasteiger partial charge in [-0.15, -0.1) is 0 Å². The monoisotopic (exact) mass is 290 g/mol.